The maximum Gasteiger partial charge on any atom is 0.136 e. The first-order valence-electron chi connectivity index (χ1n) is 20.5. The minimum Gasteiger partial charge on any atom is -0.456 e. The van der Waals surface area contributed by atoms with Crippen LogP contribution in [0.15, 0.2) is 241 Å². The van der Waals surface area contributed by atoms with Gasteiger partial charge in [-0.2, -0.15) is 0 Å². The summed E-state index contributed by atoms with van der Waals surface area (Å²) >= 11 is 0. The highest BCUT2D eigenvalue weighted by molar-refractivity contribution is 6.07. The van der Waals surface area contributed by atoms with E-state index < -0.39 is 0 Å². The Morgan fingerprint density at radius 2 is 0.817 bits per heavy atom. The molecule has 11 aromatic rings. The Labute approximate surface area is 349 Å². The summed E-state index contributed by atoms with van der Waals surface area (Å²) in [5.74, 6) is 0. The molecule has 1 aromatic heterocycles. The van der Waals surface area contributed by atoms with Gasteiger partial charge in [0.1, 0.15) is 11.2 Å². The topological polar surface area (TPSA) is 16.4 Å². The zero-order valence-corrected chi connectivity index (χ0v) is 32.9. The number of nitrogens with zero attached hydrogens (tertiary/aromatic N) is 1. The second kappa shape index (κ2) is 15.1. The Kier molecular flexibility index (Phi) is 8.87. The van der Waals surface area contributed by atoms with Gasteiger partial charge in [0.15, 0.2) is 0 Å². The van der Waals surface area contributed by atoms with E-state index >= 15 is 0 Å². The zero-order valence-electron chi connectivity index (χ0n) is 32.9. The smallest absolute Gasteiger partial charge is 0.136 e. The molecule has 0 aliphatic heterocycles. The van der Waals surface area contributed by atoms with Crippen molar-refractivity contribution in [2.45, 2.75) is 0 Å². The van der Waals surface area contributed by atoms with Gasteiger partial charge in [-0.3, -0.25) is 0 Å². The van der Waals surface area contributed by atoms with Crippen LogP contribution in [-0.2, 0) is 0 Å². The predicted molar refractivity (Wildman–Crippen MR) is 253 cm³/mol. The third kappa shape index (κ3) is 6.32. The van der Waals surface area contributed by atoms with E-state index in [1.165, 1.54) is 27.5 Å². The molecule has 0 amide bonds. The standard InChI is InChI=1S/C58H39NO/c1-3-16-40(17-4-1)41-32-34-44(35-33-41)58-51(46-36-37-53-52-26-10-12-31-56(52)60-57(53)39-46)28-15-30-55(58)59(54-29-11-9-25-50(54)43-18-5-2-6-19-43)47-23-13-22-45(38-47)49-27-14-21-42-20-7-8-24-48(42)49/h1-39H. The van der Waals surface area contributed by atoms with Crippen molar-refractivity contribution in [1.82, 2.24) is 0 Å². The Bertz CT molecular complexity index is 3300. The van der Waals surface area contributed by atoms with Gasteiger partial charge in [0.2, 0.25) is 0 Å². The van der Waals surface area contributed by atoms with Gasteiger partial charge in [0, 0.05) is 27.6 Å². The third-order valence-electron chi connectivity index (χ3n) is 11.7. The van der Waals surface area contributed by atoms with Crippen LogP contribution in [0.25, 0.3) is 88.3 Å². The predicted octanol–water partition coefficient (Wildman–Crippen LogP) is 16.5. The number of fused-ring (bicyclic) bond motifs is 4. The van der Waals surface area contributed by atoms with Gasteiger partial charge in [-0.25, -0.2) is 0 Å². The minimum atomic E-state index is 0.874. The number of para-hydroxylation sites is 2. The van der Waals surface area contributed by atoms with E-state index in [9.17, 15) is 0 Å². The third-order valence-corrected chi connectivity index (χ3v) is 11.7. The summed E-state index contributed by atoms with van der Waals surface area (Å²) in [7, 11) is 0. The number of furan rings is 1. The van der Waals surface area contributed by atoms with Crippen LogP contribution in [0, 0.1) is 0 Å². The highest BCUT2D eigenvalue weighted by Gasteiger charge is 2.24. The fourth-order valence-electron chi connectivity index (χ4n) is 8.85. The van der Waals surface area contributed by atoms with Gasteiger partial charge in [0.25, 0.3) is 0 Å². The van der Waals surface area contributed by atoms with E-state index in [1.807, 2.05) is 12.1 Å². The quantitative estimate of drug-likeness (QED) is 0.153. The van der Waals surface area contributed by atoms with E-state index in [4.69, 9.17) is 4.42 Å². The molecule has 2 nitrogen and oxygen atoms in total. The number of hydrogen-bond acceptors (Lipinski definition) is 2. The Hall–Kier alpha value is -7.94. The first-order valence-corrected chi connectivity index (χ1v) is 20.5. The summed E-state index contributed by atoms with van der Waals surface area (Å²) < 4.78 is 6.48. The summed E-state index contributed by atoms with van der Waals surface area (Å²) in [5.41, 5.74) is 16.5. The van der Waals surface area contributed by atoms with Gasteiger partial charge >= 0.3 is 0 Å². The molecular formula is C58H39NO. The fraction of sp³-hybridized carbons (Fsp3) is 0. The molecule has 11 rings (SSSR count). The largest absolute Gasteiger partial charge is 0.456 e. The molecule has 282 valence electrons. The van der Waals surface area contributed by atoms with Crippen molar-refractivity contribution in [3.63, 3.8) is 0 Å². The van der Waals surface area contributed by atoms with Crippen molar-refractivity contribution >= 4 is 49.8 Å². The molecule has 0 saturated heterocycles. The van der Waals surface area contributed by atoms with Crippen molar-refractivity contribution < 1.29 is 4.42 Å². The van der Waals surface area contributed by atoms with Crippen LogP contribution >= 0.6 is 0 Å². The van der Waals surface area contributed by atoms with Crippen LogP contribution in [0.3, 0.4) is 0 Å². The average Bonchev–Trinajstić information content (AvgIpc) is 3.70. The molecule has 0 bridgehead atoms. The first-order chi connectivity index (χ1) is 29.8. The average molecular weight is 766 g/mol. The van der Waals surface area contributed by atoms with E-state index in [0.717, 1.165) is 77.9 Å². The van der Waals surface area contributed by atoms with E-state index in [0.29, 0.717) is 0 Å². The number of rotatable bonds is 8. The van der Waals surface area contributed by atoms with Gasteiger partial charge < -0.3 is 9.32 Å². The molecule has 0 saturated carbocycles. The van der Waals surface area contributed by atoms with Crippen molar-refractivity contribution in [2.75, 3.05) is 4.90 Å². The summed E-state index contributed by atoms with van der Waals surface area (Å²) in [6, 6.07) is 85.0. The SMILES string of the molecule is c1ccc(-c2ccc(-c3c(-c4ccc5c(c4)oc4ccccc45)cccc3N(c3cccc(-c4cccc5ccccc45)c3)c3ccccc3-c3ccccc3)cc2)cc1. The molecule has 0 spiro atoms. The zero-order chi connectivity index (χ0) is 39.8. The van der Waals surface area contributed by atoms with Crippen molar-refractivity contribution in [3.8, 4) is 55.6 Å². The molecule has 0 unspecified atom stereocenters. The van der Waals surface area contributed by atoms with Crippen molar-refractivity contribution in [1.29, 1.82) is 0 Å². The van der Waals surface area contributed by atoms with Gasteiger partial charge in [-0.05, 0) is 97.7 Å². The summed E-state index contributed by atoms with van der Waals surface area (Å²) in [5, 5.41) is 4.69. The molecule has 0 N–H and O–H groups in total. The minimum absolute atomic E-state index is 0.874. The highest BCUT2D eigenvalue weighted by Crippen LogP contribution is 2.49. The van der Waals surface area contributed by atoms with E-state index in [-0.39, 0.29) is 0 Å². The fourth-order valence-corrected chi connectivity index (χ4v) is 8.85. The van der Waals surface area contributed by atoms with Crippen LogP contribution in [0.5, 0.6) is 0 Å². The lowest BCUT2D eigenvalue weighted by Gasteiger charge is -2.31. The van der Waals surface area contributed by atoms with Crippen LogP contribution in [0.1, 0.15) is 0 Å². The van der Waals surface area contributed by atoms with E-state index in [1.54, 1.807) is 0 Å². The molecule has 0 aliphatic rings. The Morgan fingerprint density at radius 3 is 1.67 bits per heavy atom. The number of benzene rings is 10. The monoisotopic (exact) mass is 765 g/mol. The Balaban J connectivity index is 1.18. The molecular weight excluding hydrogens is 727 g/mol. The lowest BCUT2D eigenvalue weighted by molar-refractivity contribution is 0.669. The van der Waals surface area contributed by atoms with Crippen LogP contribution in [-0.4, -0.2) is 0 Å². The maximum atomic E-state index is 6.48. The molecule has 0 aliphatic carbocycles. The van der Waals surface area contributed by atoms with Gasteiger partial charge in [-0.1, -0.05) is 194 Å². The second-order valence-corrected chi connectivity index (χ2v) is 15.2. The molecule has 10 aromatic carbocycles. The van der Waals surface area contributed by atoms with Crippen molar-refractivity contribution in [2.24, 2.45) is 0 Å². The van der Waals surface area contributed by atoms with Gasteiger partial charge in [-0.15, -0.1) is 0 Å². The molecule has 0 radical (unpaired) electrons. The molecule has 2 heteroatoms. The molecule has 60 heavy (non-hydrogen) atoms. The van der Waals surface area contributed by atoms with Crippen LogP contribution < -0.4 is 4.90 Å². The second-order valence-electron chi connectivity index (χ2n) is 15.2. The molecule has 1 heterocycles. The molecule has 0 atom stereocenters. The normalized spacial score (nSPS) is 11.3. The molecule has 0 fully saturated rings. The summed E-state index contributed by atoms with van der Waals surface area (Å²) in [6.45, 7) is 0. The van der Waals surface area contributed by atoms with E-state index in [2.05, 4.69) is 229 Å². The van der Waals surface area contributed by atoms with Crippen molar-refractivity contribution in [3.05, 3.63) is 237 Å². The number of anilines is 3. The lowest BCUT2D eigenvalue weighted by Crippen LogP contribution is -2.13. The van der Waals surface area contributed by atoms with Crippen LogP contribution in [0.4, 0.5) is 17.1 Å². The first kappa shape index (κ1) is 35.2. The summed E-state index contributed by atoms with van der Waals surface area (Å²) in [6.07, 6.45) is 0. The van der Waals surface area contributed by atoms with Crippen LogP contribution in [0.2, 0.25) is 0 Å². The maximum absolute atomic E-state index is 6.48. The Morgan fingerprint density at radius 1 is 0.283 bits per heavy atom. The lowest BCUT2D eigenvalue weighted by atomic mass is 9.90. The number of hydrogen-bond donors (Lipinski definition) is 0. The van der Waals surface area contributed by atoms with Gasteiger partial charge in [0.05, 0.1) is 11.4 Å². The highest BCUT2D eigenvalue weighted by atomic mass is 16.3. The summed E-state index contributed by atoms with van der Waals surface area (Å²) in [4.78, 5) is 2.46.